The van der Waals surface area contributed by atoms with Gasteiger partial charge in [0.1, 0.15) is 5.75 Å². The van der Waals surface area contributed by atoms with Gasteiger partial charge in [0.2, 0.25) is 5.72 Å². The number of rotatable bonds is 2. The highest BCUT2D eigenvalue weighted by Gasteiger charge is 2.42. The third-order valence-electron chi connectivity index (χ3n) is 5.21. The summed E-state index contributed by atoms with van der Waals surface area (Å²) in [5.74, 6) is 0.819. The van der Waals surface area contributed by atoms with E-state index in [1.807, 2.05) is 67.0 Å². The molecule has 4 nitrogen and oxygen atoms in total. The zero-order valence-electron chi connectivity index (χ0n) is 15.8. The van der Waals surface area contributed by atoms with Gasteiger partial charge >= 0.3 is 0 Å². The summed E-state index contributed by atoms with van der Waals surface area (Å²) < 4.78 is 8.71. The van der Waals surface area contributed by atoms with E-state index in [0.29, 0.717) is 11.0 Å². The number of hydrogen-bond donors (Lipinski definition) is 0. The lowest BCUT2D eigenvalue weighted by Crippen LogP contribution is -2.49. The first-order valence-corrected chi connectivity index (χ1v) is 10.2. The second-order valence-electron chi connectivity index (χ2n) is 7.51. The molecule has 0 fully saturated rings. The maximum Gasteiger partial charge on any atom is 0.270 e. The van der Waals surface area contributed by atoms with E-state index in [9.17, 15) is 4.79 Å². The van der Waals surface area contributed by atoms with Crippen LogP contribution in [-0.2, 0) is 0 Å². The van der Waals surface area contributed by atoms with Gasteiger partial charge in [-0.1, -0.05) is 65.9 Å². The molecule has 0 saturated heterocycles. The molecule has 3 heterocycles. The van der Waals surface area contributed by atoms with Crippen molar-refractivity contribution >= 4 is 23.5 Å². The Labute approximate surface area is 166 Å². The Kier molecular flexibility index (Phi) is 3.88. The fourth-order valence-electron chi connectivity index (χ4n) is 4.00. The molecule has 5 rings (SSSR count). The molecule has 0 unspecified atom stereocenters. The molecule has 0 N–H and O–H groups in total. The minimum Gasteiger partial charge on any atom is -0.466 e. The molecule has 28 heavy (non-hydrogen) atoms. The van der Waals surface area contributed by atoms with E-state index in [0.717, 1.165) is 27.3 Å². The Hall–Kier alpha value is -2.92. The first-order valence-electron chi connectivity index (χ1n) is 9.37. The number of para-hydroxylation sites is 1. The summed E-state index contributed by atoms with van der Waals surface area (Å²) in [4.78, 5) is 18.8. The fraction of sp³-hybridized carbons (Fsp3) is 0.217. The lowest BCUT2D eigenvalue weighted by molar-refractivity contribution is 0.0410. The van der Waals surface area contributed by atoms with E-state index < -0.39 is 5.72 Å². The van der Waals surface area contributed by atoms with Crippen LogP contribution >= 0.6 is 11.3 Å². The smallest absolute Gasteiger partial charge is 0.270 e. The SMILES string of the molecule is CC(/C=c1\sc2n(c1=O)[C@H]1C[C@@](C)(N=2)Oc2ccccc21)=C\c1ccccc1. The molecule has 2 aromatic carbocycles. The topological polar surface area (TPSA) is 43.6 Å². The van der Waals surface area contributed by atoms with Gasteiger partial charge in [-0.3, -0.25) is 9.36 Å². The van der Waals surface area contributed by atoms with Crippen molar-refractivity contribution in [2.24, 2.45) is 4.99 Å². The van der Waals surface area contributed by atoms with Gasteiger partial charge in [0.15, 0.2) is 4.80 Å². The van der Waals surface area contributed by atoms with Gasteiger partial charge in [0.25, 0.3) is 5.56 Å². The van der Waals surface area contributed by atoms with E-state index >= 15 is 0 Å². The monoisotopic (exact) mass is 388 g/mol. The summed E-state index contributed by atoms with van der Waals surface area (Å²) in [6.07, 6.45) is 4.71. The number of allylic oxidation sites excluding steroid dienone is 1. The zero-order valence-corrected chi connectivity index (χ0v) is 16.6. The molecule has 0 radical (unpaired) electrons. The summed E-state index contributed by atoms with van der Waals surface area (Å²) in [7, 11) is 0. The zero-order chi connectivity index (χ0) is 19.3. The van der Waals surface area contributed by atoms with Crippen LogP contribution in [0.5, 0.6) is 5.75 Å². The number of ether oxygens (including phenoxy) is 1. The quantitative estimate of drug-likeness (QED) is 0.674. The van der Waals surface area contributed by atoms with Crippen LogP contribution in [0.3, 0.4) is 0 Å². The van der Waals surface area contributed by atoms with Gasteiger partial charge in [-0.2, -0.15) is 0 Å². The first-order chi connectivity index (χ1) is 13.5. The van der Waals surface area contributed by atoms with Crippen molar-refractivity contribution in [3.05, 3.63) is 91.0 Å². The van der Waals surface area contributed by atoms with E-state index in [4.69, 9.17) is 9.73 Å². The predicted molar refractivity (Wildman–Crippen MR) is 112 cm³/mol. The molecule has 140 valence electrons. The number of thiazole rings is 1. The Morgan fingerprint density at radius 3 is 2.79 bits per heavy atom. The number of hydrogen-bond acceptors (Lipinski definition) is 4. The highest BCUT2D eigenvalue weighted by atomic mass is 32.1. The average Bonchev–Trinajstić information content (AvgIpc) is 2.96. The molecule has 2 atom stereocenters. The molecule has 0 aliphatic carbocycles. The molecule has 3 aromatic rings. The standard InChI is InChI=1S/C23H20N2O2S/c1-15(12-16-8-4-3-5-9-16)13-20-21(26)25-18-14-23(2,24-22(25)28-20)27-19-11-7-6-10-17(18)19/h3-13,18H,14H2,1-2H3/b15-12+,20-13-/t18-,23-/m0/s1. The fourth-order valence-corrected chi connectivity index (χ4v) is 5.17. The van der Waals surface area contributed by atoms with Gasteiger partial charge in [-0.15, -0.1) is 0 Å². The Bertz CT molecular complexity index is 1270. The van der Waals surface area contributed by atoms with E-state index in [-0.39, 0.29) is 11.6 Å². The van der Waals surface area contributed by atoms with Crippen LogP contribution in [0.25, 0.3) is 12.2 Å². The molecule has 0 spiro atoms. The molecular weight excluding hydrogens is 368 g/mol. The van der Waals surface area contributed by atoms with Gasteiger partial charge in [-0.25, -0.2) is 4.99 Å². The minimum atomic E-state index is -0.623. The van der Waals surface area contributed by atoms with Crippen molar-refractivity contribution in [2.45, 2.75) is 32.0 Å². The normalized spacial score (nSPS) is 23.4. The summed E-state index contributed by atoms with van der Waals surface area (Å²) in [5, 5.41) is 0. The highest BCUT2D eigenvalue weighted by Crippen LogP contribution is 2.42. The van der Waals surface area contributed by atoms with Crippen LogP contribution in [0.15, 0.2) is 70.0 Å². The van der Waals surface area contributed by atoms with Crippen LogP contribution in [0.4, 0.5) is 0 Å². The second-order valence-corrected chi connectivity index (χ2v) is 8.52. The first kappa shape index (κ1) is 17.2. The van der Waals surface area contributed by atoms with Crippen LogP contribution in [0.1, 0.15) is 37.4 Å². The van der Waals surface area contributed by atoms with Gasteiger partial charge in [0, 0.05) is 12.0 Å². The Morgan fingerprint density at radius 1 is 1.21 bits per heavy atom. The third kappa shape index (κ3) is 2.83. The molecule has 2 aliphatic heterocycles. The molecular formula is C23H20N2O2S. The van der Waals surface area contributed by atoms with Gasteiger partial charge in [-0.05, 0) is 37.1 Å². The molecule has 0 saturated carbocycles. The summed E-state index contributed by atoms with van der Waals surface area (Å²) in [6, 6.07) is 18.0. The van der Waals surface area contributed by atoms with Crippen molar-refractivity contribution in [3.63, 3.8) is 0 Å². The molecule has 1 aromatic heterocycles. The van der Waals surface area contributed by atoms with E-state index in [1.165, 1.54) is 11.3 Å². The largest absolute Gasteiger partial charge is 0.466 e. The second kappa shape index (κ2) is 6.31. The lowest BCUT2D eigenvalue weighted by Gasteiger charge is -2.39. The van der Waals surface area contributed by atoms with Crippen molar-refractivity contribution in [3.8, 4) is 5.75 Å². The highest BCUT2D eigenvalue weighted by molar-refractivity contribution is 7.07. The molecule has 2 aliphatic rings. The van der Waals surface area contributed by atoms with Crippen molar-refractivity contribution in [1.82, 2.24) is 4.57 Å². The number of fused-ring (bicyclic) bond motifs is 6. The van der Waals surface area contributed by atoms with Gasteiger partial charge < -0.3 is 4.74 Å². The van der Waals surface area contributed by atoms with E-state index in [2.05, 4.69) is 18.2 Å². The summed E-state index contributed by atoms with van der Waals surface area (Å²) >= 11 is 1.44. The van der Waals surface area contributed by atoms with E-state index in [1.54, 1.807) is 0 Å². The number of aromatic nitrogens is 1. The Balaban J connectivity index is 1.66. The lowest BCUT2D eigenvalue weighted by atomic mass is 9.93. The van der Waals surface area contributed by atoms with Crippen LogP contribution < -0.4 is 19.6 Å². The molecule has 0 amide bonds. The predicted octanol–water partition coefficient (Wildman–Crippen LogP) is 3.52. The third-order valence-corrected chi connectivity index (χ3v) is 6.20. The Morgan fingerprint density at radius 2 is 1.96 bits per heavy atom. The van der Waals surface area contributed by atoms with Crippen LogP contribution in [0.2, 0.25) is 0 Å². The average molecular weight is 388 g/mol. The van der Waals surface area contributed by atoms with Crippen molar-refractivity contribution < 1.29 is 4.74 Å². The van der Waals surface area contributed by atoms with Crippen molar-refractivity contribution in [2.75, 3.05) is 0 Å². The summed E-state index contributed by atoms with van der Waals surface area (Å²) in [6.45, 7) is 4.01. The van der Waals surface area contributed by atoms with Gasteiger partial charge in [0.05, 0.1) is 10.6 Å². The maximum absolute atomic E-state index is 13.2. The number of benzene rings is 2. The minimum absolute atomic E-state index is 0.0216. The molecule has 5 heteroatoms. The van der Waals surface area contributed by atoms with Crippen LogP contribution in [0, 0.1) is 0 Å². The van der Waals surface area contributed by atoms with Crippen molar-refractivity contribution in [1.29, 1.82) is 0 Å². The van der Waals surface area contributed by atoms with Crippen LogP contribution in [-0.4, -0.2) is 10.3 Å². The summed E-state index contributed by atoms with van der Waals surface area (Å²) in [5.41, 5.74) is 2.61. The maximum atomic E-state index is 13.2. The molecule has 2 bridgehead atoms. The number of nitrogens with zero attached hydrogens (tertiary/aromatic N) is 2.